The molecular formula is C16H18N4. The molecule has 20 heavy (non-hydrogen) atoms. The summed E-state index contributed by atoms with van der Waals surface area (Å²) in [7, 11) is 0. The average molecular weight is 266 g/mol. The van der Waals surface area contributed by atoms with Crippen LogP contribution in [0.5, 0.6) is 0 Å². The standard InChI is InChI=1S/C16H18N4/c1-4-8-12-9-7-10-13-14(12)18-16-15(17-13)19(5-2)11-20(16)6-3/h1,7-10,17H,5-6,11H2,2-3H3. The Morgan fingerprint density at radius 2 is 2.15 bits per heavy atom. The highest BCUT2D eigenvalue weighted by Crippen LogP contribution is 2.26. The molecule has 1 aromatic rings. The Morgan fingerprint density at radius 3 is 2.85 bits per heavy atom. The Labute approximate surface area is 119 Å². The molecule has 0 saturated carbocycles. The van der Waals surface area contributed by atoms with Gasteiger partial charge in [0.2, 0.25) is 0 Å². The Kier molecular flexibility index (Phi) is 3.11. The summed E-state index contributed by atoms with van der Waals surface area (Å²) in [6.45, 7) is 7.09. The van der Waals surface area contributed by atoms with Crippen LogP contribution in [0.1, 0.15) is 13.8 Å². The summed E-state index contributed by atoms with van der Waals surface area (Å²) >= 11 is 0. The molecule has 4 heteroatoms. The zero-order chi connectivity index (χ0) is 14.1. The molecule has 0 amide bonds. The van der Waals surface area contributed by atoms with Crippen molar-refractivity contribution in [3.05, 3.63) is 40.4 Å². The van der Waals surface area contributed by atoms with Crippen LogP contribution < -0.4 is 15.9 Å². The van der Waals surface area contributed by atoms with Crippen LogP contribution in [0.3, 0.4) is 0 Å². The minimum atomic E-state index is 0.885. The monoisotopic (exact) mass is 266 g/mol. The Bertz CT molecular complexity index is 724. The van der Waals surface area contributed by atoms with Crippen LogP contribution in [0, 0.1) is 12.3 Å². The quantitative estimate of drug-likeness (QED) is 0.807. The van der Waals surface area contributed by atoms with Crippen LogP contribution in [-0.4, -0.2) is 29.6 Å². The average Bonchev–Trinajstić information content (AvgIpc) is 2.83. The van der Waals surface area contributed by atoms with Crippen LogP contribution >= 0.6 is 0 Å². The molecule has 0 radical (unpaired) electrons. The van der Waals surface area contributed by atoms with Crippen molar-refractivity contribution in [3.63, 3.8) is 0 Å². The summed E-state index contributed by atoms with van der Waals surface area (Å²) in [5.41, 5.74) is 1.02. The highest BCUT2D eigenvalue weighted by molar-refractivity contribution is 5.55. The summed E-state index contributed by atoms with van der Waals surface area (Å²) in [4.78, 5) is 9.41. The summed E-state index contributed by atoms with van der Waals surface area (Å²) < 4.78 is 0. The predicted octanol–water partition coefficient (Wildman–Crippen LogP) is 0.887. The lowest BCUT2D eigenvalue weighted by Crippen LogP contribution is -2.33. The van der Waals surface area contributed by atoms with E-state index in [1.165, 1.54) is 0 Å². The predicted molar refractivity (Wildman–Crippen MR) is 80.8 cm³/mol. The van der Waals surface area contributed by atoms with Gasteiger partial charge in [0.25, 0.3) is 0 Å². The molecule has 0 saturated heterocycles. The third-order valence-electron chi connectivity index (χ3n) is 3.71. The zero-order valence-corrected chi connectivity index (χ0v) is 11.8. The van der Waals surface area contributed by atoms with Gasteiger partial charge in [-0.05, 0) is 26.0 Å². The molecule has 0 bridgehead atoms. The molecule has 0 atom stereocenters. The van der Waals surface area contributed by atoms with E-state index < -0.39 is 0 Å². The highest BCUT2D eigenvalue weighted by Gasteiger charge is 2.29. The summed E-state index contributed by atoms with van der Waals surface area (Å²) in [5.74, 6) is 4.70. The number of fused-ring (bicyclic) bond motifs is 1. The molecule has 4 nitrogen and oxygen atoms in total. The lowest BCUT2D eigenvalue weighted by molar-refractivity contribution is 0.263. The molecular weight excluding hydrogens is 248 g/mol. The Balaban J connectivity index is 2.21. The molecule has 1 N–H and O–H groups in total. The van der Waals surface area contributed by atoms with E-state index in [2.05, 4.69) is 34.9 Å². The first-order valence-corrected chi connectivity index (χ1v) is 6.93. The fraction of sp³-hybridized carbons (Fsp3) is 0.312. The third-order valence-corrected chi connectivity index (χ3v) is 3.71. The number of rotatable bonds is 2. The third kappa shape index (κ3) is 1.83. The Hall–Kier alpha value is -2.41. The normalized spacial score (nSPS) is 17.4. The van der Waals surface area contributed by atoms with Crippen LogP contribution in [-0.2, 0) is 0 Å². The van der Waals surface area contributed by atoms with E-state index >= 15 is 0 Å². The van der Waals surface area contributed by atoms with Crippen molar-refractivity contribution in [2.45, 2.75) is 13.8 Å². The molecule has 0 aliphatic carbocycles. The maximum absolute atomic E-state index is 5.40. The van der Waals surface area contributed by atoms with Crippen molar-refractivity contribution >= 4 is 11.8 Å². The molecule has 2 aliphatic rings. The first-order chi connectivity index (χ1) is 9.78. The van der Waals surface area contributed by atoms with Crippen molar-refractivity contribution < 1.29 is 0 Å². The molecule has 0 spiro atoms. The van der Waals surface area contributed by atoms with Gasteiger partial charge >= 0.3 is 0 Å². The van der Waals surface area contributed by atoms with Gasteiger partial charge in [0.1, 0.15) is 0 Å². The summed E-state index contributed by atoms with van der Waals surface area (Å²) in [6, 6.07) is 6.04. The van der Waals surface area contributed by atoms with Gasteiger partial charge in [0.15, 0.2) is 11.6 Å². The number of anilines is 1. The van der Waals surface area contributed by atoms with E-state index in [0.717, 1.165) is 47.7 Å². The van der Waals surface area contributed by atoms with Gasteiger partial charge in [-0.15, -0.1) is 6.42 Å². The summed E-state index contributed by atoms with van der Waals surface area (Å²) in [5, 5.41) is 5.42. The lowest BCUT2D eigenvalue weighted by Gasteiger charge is -2.21. The van der Waals surface area contributed by atoms with Crippen LogP contribution in [0.2, 0.25) is 0 Å². The highest BCUT2D eigenvalue weighted by atomic mass is 15.5. The van der Waals surface area contributed by atoms with Gasteiger partial charge in [-0.3, -0.25) is 0 Å². The zero-order valence-electron chi connectivity index (χ0n) is 11.8. The molecule has 0 unspecified atom stereocenters. The SMILES string of the molecule is C#CC=c1cccc2c1=NC1=C(N2)N(CC)CN1CC. The maximum atomic E-state index is 5.40. The number of benzene rings is 1. The second-order valence-corrected chi connectivity index (χ2v) is 4.82. The Morgan fingerprint density at radius 1 is 1.35 bits per heavy atom. The minimum absolute atomic E-state index is 0.885. The largest absolute Gasteiger partial charge is 0.338 e. The van der Waals surface area contributed by atoms with Gasteiger partial charge in [0.05, 0.1) is 17.7 Å². The van der Waals surface area contributed by atoms with Crippen molar-refractivity contribution in [1.82, 2.24) is 9.80 Å². The molecule has 2 aliphatic heterocycles. The van der Waals surface area contributed by atoms with Crippen molar-refractivity contribution in [2.75, 3.05) is 25.1 Å². The first kappa shape index (κ1) is 12.6. The number of terminal acetylenes is 1. The van der Waals surface area contributed by atoms with Gasteiger partial charge < -0.3 is 15.1 Å². The molecule has 102 valence electrons. The number of para-hydroxylation sites is 1. The number of nitrogens with one attached hydrogen (secondary N) is 1. The summed E-state index contributed by atoms with van der Waals surface area (Å²) in [6.07, 6.45) is 7.16. The molecule has 0 fully saturated rings. The van der Waals surface area contributed by atoms with Gasteiger partial charge in [-0.25, -0.2) is 4.99 Å². The molecule has 0 aromatic heterocycles. The van der Waals surface area contributed by atoms with Gasteiger partial charge in [-0.1, -0.05) is 18.1 Å². The van der Waals surface area contributed by atoms with Crippen molar-refractivity contribution in [3.8, 4) is 12.3 Å². The number of hydrogen-bond acceptors (Lipinski definition) is 4. The maximum Gasteiger partial charge on any atom is 0.172 e. The van der Waals surface area contributed by atoms with E-state index in [9.17, 15) is 0 Å². The lowest BCUT2D eigenvalue weighted by atomic mass is 10.2. The van der Waals surface area contributed by atoms with E-state index in [-0.39, 0.29) is 0 Å². The van der Waals surface area contributed by atoms with E-state index in [1.54, 1.807) is 6.08 Å². The van der Waals surface area contributed by atoms with E-state index in [4.69, 9.17) is 11.4 Å². The topological polar surface area (TPSA) is 30.9 Å². The van der Waals surface area contributed by atoms with Crippen molar-refractivity contribution in [1.29, 1.82) is 0 Å². The second-order valence-electron chi connectivity index (χ2n) is 4.82. The fourth-order valence-electron chi connectivity index (χ4n) is 2.63. The fourth-order valence-corrected chi connectivity index (χ4v) is 2.63. The van der Waals surface area contributed by atoms with Crippen LogP contribution in [0.15, 0.2) is 34.8 Å². The van der Waals surface area contributed by atoms with E-state index in [0.29, 0.717) is 0 Å². The minimum Gasteiger partial charge on any atom is -0.338 e. The molecule has 1 aromatic carbocycles. The van der Waals surface area contributed by atoms with Crippen LogP contribution in [0.4, 0.5) is 5.69 Å². The van der Waals surface area contributed by atoms with Crippen LogP contribution in [0.25, 0.3) is 6.08 Å². The number of nitrogens with zero attached hydrogens (tertiary/aromatic N) is 3. The first-order valence-electron chi connectivity index (χ1n) is 6.93. The smallest absolute Gasteiger partial charge is 0.172 e. The molecule has 2 heterocycles. The van der Waals surface area contributed by atoms with E-state index in [1.807, 2.05) is 18.2 Å². The van der Waals surface area contributed by atoms with Gasteiger partial charge in [0, 0.05) is 18.3 Å². The molecule has 3 rings (SSSR count). The number of hydrogen-bond donors (Lipinski definition) is 1. The van der Waals surface area contributed by atoms with Gasteiger partial charge in [-0.2, -0.15) is 0 Å². The second kappa shape index (κ2) is 4.93. The van der Waals surface area contributed by atoms with Crippen molar-refractivity contribution in [2.24, 2.45) is 4.99 Å².